The molecule has 0 fully saturated rings. The normalized spacial score (nSPS) is 10.5. The van der Waals surface area contributed by atoms with Crippen LogP contribution >= 0.6 is 15.9 Å². The molecule has 2 nitrogen and oxygen atoms in total. The van der Waals surface area contributed by atoms with Crippen molar-refractivity contribution in [1.29, 1.82) is 0 Å². The summed E-state index contributed by atoms with van der Waals surface area (Å²) in [5, 5.41) is 1.04. The van der Waals surface area contributed by atoms with Gasteiger partial charge in [-0.05, 0) is 24.3 Å². The summed E-state index contributed by atoms with van der Waals surface area (Å²) in [7, 11) is 0. The molecule has 2 rings (SSSR count). The molecule has 1 heterocycles. The zero-order valence-corrected chi connectivity index (χ0v) is 9.91. The van der Waals surface area contributed by atoms with Crippen molar-refractivity contribution in [2.45, 2.75) is 13.3 Å². The second-order valence-corrected chi connectivity index (χ2v) is 4.23. The number of nitrogens with zero attached hydrogens (tertiary/aromatic N) is 1. The lowest BCUT2D eigenvalue weighted by atomic mass is 10.1. The molecule has 1 aromatic heterocycles. The summed E-state index contributed by atoms with van der Waals surface area (Å²) in [6, 6.07) is 9.53. The summed E-state index contributed by atoms with van der Waals surface area (Å²) in [6.45, 7) is 1.84. The maximum absolute atomic E-state index is 11.5. The Labute approximate surface area is 96.5 Å². The number of aromatic nitrogens is 1. The fraction of sp³-hybridized carbons (Fsp3) is 0.167. The van der Waals surface area contributed by atoms with Crippen LogP contribution in [0.15, 0.2) is 34.8 Å². The summed E-state index contributed by atoms with van der Waals surface area (Å²) in [5.41, 5.74) is 1.41. The monoisotopic (exact) mass is 263 g/mol. The van der Waals surface area contributed by atoms with Gasteiger partial charge in [0.15, 0.2) is 5.78 Å². The highest BCUT2D eigenvalue weighted by Crippen LogP contribution is 2.18. The molecule has 2 aromatic rings. The van der Waals surface area contributed by atoms with Crippen LogP contribution in [0.4, 0.5) is 0 Å². The number of hydrogen-bond acceptors (Lipinski definition) is 2. The van der Waals surface area contributed by atoms with Gasteiger partial charge in [0, 0.05) is 16.3 Å². The minimum Gasteiger partial charge on any atom is -0.292 e. The molecule has 0 atom stereocenters. The molecule has 76 valence electrons. The molecule has 0 spiro atoms. The van der Waals surface area contributed by atoms with E-state index in [0.29, 0.717) is 12.1 Å². The van der Waals surface area contributed by atoms with Gasteiger partial charge in [0.05, 0.1) is 5.52 Å². The SMILES string of the molecule is CCC(=O)c1ccc2cc(Br)ccc2n1. The van der Waals surface area contributed by atoms with Crippen molar-refractivity contribution in [2.24, 2.45) is 0 Å². The number of fused-ring (bicyclic) bond motifs is 1. The van der Waals surface area contributed by atoms with Gasteiger partial charge in [0.2, 0.25) is 0 Å². The topological polar surface area (TPSA) is 30.0 Å². The first kappa shape index (κ1) is 10.3. The van der Waals surface area contributed by atoms with Crippen LogP contribution in [0.25, 0.3) is 10.9 Å². The molecule has 0 N–H and O–H groups in total. The fourth-order valence-corrected chi connectivity index (χ4v) is 1.81. The van der Waals surface area contributed by atoms with Crippen molar-refractivity contribution >= 4 is 32.6 Å². The Morgan fingerprint density at radius 1 is 1.33 bits per heavy atom. The number of ketones is 1. The van der Waals surface area contributed by atoms with Crippen LogP contribution in [0, 0.1) is 0 Å². The first-order chi connectivity index (χ1) is 7.20. The quantitative estimate of drug-likeness (QED) is 0.776. The molecule has 0 aliphatic rings. The Kier molecular flexibility index (Phi) is 2.82. The van der Waals surface area contributed by atoms with E-state index < -0.39 is 0 Å². The van der Waals surface area contributed by atoms with Crippen LogP contribution < -0.4 is 0 Å². The summed E-state index contributed by atoms with van der Waals surface area (Å²) in [6.07, 6.45) is 0.495. The largest absolute Gasteiger partial charge is 0.292 e. The molecule has 0 aliphatic heterocycles. The molecular weight excluding hydrogens is 254 g/mol. The third-order valence-corrected chi connectivity index (χ3v) is 2.75. The first-order valence-corrected chi connectivity index (χ1v) is 5.59. The van der Waals surface area contributed by atoms with Gasteiger partial charge in [-0.15, -0.1) is 0 Å². The van der Waals surface area contributed by atoms with Crippen LogP contribution in [0.3, 0.4) is 0 Å². The number of halogens is 1. The zero-order chi connectivity index (χ0) is 10.8. The summed E-state index contributed by atoms with van der Waals surface area (Å²) >= 11 is 3.40. The molecule has 15 heavy (non-hydrogen) atoms. The highest BCUT2D eigenvalue weighted by molar-refractivity contribution is 9.10. The maximum atomic E-state index is 11.5. The number of carbonyl (C=O) groups is 1. The van der Waals surface area contributed by atoms with Gasteiger partial charge in [-0.1, -0.05) is 28.9 Å². The van der Waals surface area contributed by atoms with E-state index in [9.17, 15) is 4.79 Å². The predicted octanol–water partition coefficient (Wildman–Crippen LogP) is 3.59. The second kappa shape index (κ2) is 4.11. The Balaban J connectivity index is 2.57. The fourth-order valence-electron chi connectivity index (χ4n) is 1.43. The van der Waals surface area contributed by atoms with E-state index in [4.69, 9.17) is 0 Å². The maximum Gasteiger partial charge on any atom is 0.180 e. The van der Waals surface area contributed by atoms with Crippen molar-refractivity contribution in [3.63, 3.8) is 0 Å². The van der Waals surface area contributed by atoms with Crippen molar-refractivity contribution in [1.82, 2.24) is 4.98 Å². The molecule has 0 saturated carbocycles. The van der Waals surface area contributed by atoms with E-state index in [2.05, 4.69) is 20.9 Å². The van der Waals surface area contributed by atoms with Gasteiger partial charge in [-0.3, -0.25) is 4.79 Å². The predicted molar refractivity (Wildman–Crippen MR) is 64.1 cm³/mol. The van der Waals surface area contributed by atoms with E-state index in [-0.39, 0.29) is 5.78 Å². The molecule has 0 saturated heterocycles. The minimum absolute atomic E-state index is 0.0832. The molecular formula is C12H10BrNO. The van der Waals surface area contributed by atoms with Gasteiger partial charge >= 0.3 is 0 Å². The number of hydrogen-bond donors (Lipinski definition) is 0. The highest BCUT2D eigenvalue weighted by Gasteiger charge is 2.05. The zero-order valence-electron chi connectivity index (χ0n) is 8.33. The van der Waals surface area contributed by atoms with E-state index in [1.165, 1.54) is 0 Å². The summed E-state index contributed by atoms with van der Waals surface area (Å²) < 4.78 is 1.02. The summed E-state index contributed by atoms with van der Waals surface area (Å²) in [4.78, 5) is 15.8. The van der Waals surface area contributed by atoms with Crippen LogP contribution in [0.5, 0.6) is 0 Å². The Bertz CT molecular complexity index is 522. The molecule has 0 radical (unpaired) electrons. The number of rotatable bonds is 2. The van der Waals surface area contributed by atoms with Gasteiger partial charge in [0.1, 0.15) is 5.69 Å². The number of carbonyl (C=O) groups excluding carboxylic acids is 1. The van der Waals surface area contributed by atoms with Crippen molar-refractivity contribution in [2.75, 3.05) is 0 Å². The second-order valence-electron chi connectivity index (χ2n) is 3.31. The first-order valence-electron chi connectivity index (χ1n) is 4.80. The summed E-state index contributed by atoms with van der Waals surface area (Å²) in [5.74, 6) is 0.0832. The van der Waals surface area contributed by atoms with Crippen LogP contribution in [-0.4, -0.2) is 10.8 Å². The molecule has 1 aromatic carbocycles. The van der Waals surface area contributed by atoms with Gasteiger partial charge < -0.3 is 0 Å². The lowest BCUT2D eigenvalue weighted by molar-refractivity contribution is 0.0984. The smallest absolute Gasteiger partial charge is 0.180 e. The molecule has 3 heteroatoms. The Morgan fingerprint density at radius 3 is 2.87 bits per heavy atom. The number of benzene rings is 1. The number of Topliss-reactive ketones (excluding diaryl/α,β-unsaturated/α-hetero) is 1. The van der Waals surface area contributed by atoms with E-state index >= 15 is 0 Å². The van der Waals surface area contributed by atoms with Gasteiger partial charge in [-0.25, -0.2) is 4.98 Å². The number of pyridine rings is 1. The lowest BCUT2D eigenvalue weighted by Gasteiger charge is -2.01. The van der Waals surface area contributed by atoms with Crippen molar-refractivity contribution in [3.8, 4) is 0 Å². The molecule has 0 unspecified atom stereocenters. The third kappa shape index (κ3) is 2.07. The average Bonchev–Trinajstić information content (AvgIpc) is 2.27. The standard InChI is InChI=1S/C12H10BrNO/c1-2-12(15)11-5-3-8-7-9(13)4-6-10(8)14-11/h3-7H,2H2,1H3. The molecule has 0 aliphatic carbocycles. The Morgan fingerprint density at radius 2 is 2.13 bits per heavy atom. The highest BCUT2D eigenvalue weighted by atomic mass is 79.9. The van der Waals surface area contributed by atoms with Crippen molar-refractivity contribution < 1.29 is 4.79 Å². The lowest BCUT2D eigenvalue weighted by Crippen LogP contribution is -1.99. The van der Waals surface area contributed by atoms with Crippen LogP contribution in [0.2, 0.25) is 0 Å². The van der Waals surface area contributed by atoms with Crippen molar-refractivity contribution in [3.05, 3.63) is 40.5 Å². The van der Waals surface area contributed by atoms with Gasteiger partial charge in [-0.2, -0.15) is 0 Å². The van der Waals surface area contributed by atoms with Gasteiger partial charge in [0.25, 0.3) is 0 Å². The minimum atomic E-state index is 0.0832. The van der Waals surface area contributed by atoms with E-state index in [0.717, 1.165) is 15.4 Å². The van der Waals surface area contributed by atoms with Crippen LogP contribution in [-0.2, 0) is 0 Å². The van der Waals surface area contributed by atoms with E-state index in [1.54, 1.807) is 6.07 Å². The van der Waals surface area contributed by atoms with E-state index in [1.807, 2.05) is 31.2 Å². The third-order valence-electron chi connectivity index (χ3n) is 2.26. The molecule has 0 bridgehead atoms. The average molecular weight is 264 g/mol. The van der Waals surface area contributed by atoms with Crippen LogP contribution in [0.1, 0.15) is 23.8 Å². The molecule has 0 amide bonds. The Hall–Kier alpha value is -1.22.